The lowest BCUT2D eigenvalue weighted by atomic mass is 9.96. The van der Waals surface area contributed by atoms with Gasteiger partial charge in [0.05, 0.1) is 17.0 Å². The summed E-state index contributed by atoms with van der Waals surface area (Å²) in [6, 6.07) is 18.7. The van der Waals surface area contributed by atoms with E-state index in [-0.39, 0.29) is 11.6 Å². The molecule has 2 aromatic heterocycles. The van der Waals surface area contributed by atoms with Gasteiger partial charge in [0, 0.05) is 12.2 Å². The highest BCUT2D eigenvalue weighted by molar-refractivity contribution is 5.96. The average molecular weight is 540 g/mol. The molecule has 1 unspecified atom stereocenters. The van der Waals surface area contributed by atoms with Crippen LogP contribution in [0.25, 0.3) is 16.8 Å². The average Bonchev–Trinajstić information content (AvgIpc) is 3.41. The molecule has 2 N–H and O–H groups in total. The number of fused-ring (bicyclic) bond motifs is 1. The quantitative estimate of drug-likeness (QED) is 0.230. The number of carboxylic acid groups (broad SMARTS) is 1. The van der Waals surface area contributed by atoms with E-state index in [1.165, 1.54) is 6.42 Å². The number of benzene rings is 2. The number of rotatable bonds is 9. The molecule has 40 heavy (non-hydrogen) atoms. The number of hydrogen-bond acceptors (Lipinski definition) is 4. The minimum Gasteiger partial charge on any atom is -0.478 e. The predicted octanol–water partition coefficient (Wildman–Crippen LogP) is 7.50. The number of carbonyl (C=O) groups excluding carboxylic acids is 1. The van der Waals surface area contributed by atoms with Crippen molar-refractivity contribution in [3.05, 3.63) is 94.9 Å². The number of pyridine rings is 1. The molecule has 1 atom stereocenters. The molecule has 1 aliphatic carbocycles. The number of alkyl carbamates (subject to hydrolysis) is 1. The summed E-state index contributed by atoms with van der Waals surface area (Å²) in [5.41, 5.74) is 6.20. The molecule has 4 aromatic rings. The smallest absolute Gasteiger partial charge is 0.408 e. The molecular weight excluding hydrogens is 502 g/mol. The standard InChI is InChI=1S/C33H37N3O4/c1-3-4-10-26-21-36-29(20-15-22(2)31(36)34-26)30(40-33(39)35-25-11-6-5-7-12-25)24-18-16-23(17-19-24)27-13-8-9-14-28(27)32(37)38/h8-9,13-21,25,30H,3-7,10-12H2,1-2H3,(H,35,39)(H,37,38). The van der Waals surface area contributed by atoms with Crippen molar-refractivity contribution in [2.45, 2.75) is 77.4 Å². The molecular formula is C33H37N3O4. The second kappa shape index (κ2) is 12.4. The monoisotopic (exact) mass is 539 g/mol. The van der Waals surface area contributed by atoms with Crippen LogP contribution in [0.15, 0.2) is 66.9 Å². The van der Waals surface area contributed by atoms with Crippen LogP contribution in [0, 0.1) is 6.92 Å². The summed E-state index contributed by atoms with van der Waals surface area (Å²) in [5.74, 6) is -0.971. The van der Waals surface area contributed by atoms with Gasteiger partial charge in [0.25, 0.3) is 0 Å². The molecule has 208 valence electrons. The zero-order valence-electron chi connectivity index (χ0n) is 23.2. The summed E-state index contributed by atoms with van der Waals surface area (Å²) in [5, 5.41) is 12.7. The molecule has 7 heteroatoms. The van der Waals surface area contributed by atoms with E-state index in [2.05, 4.69) is 18.4 Å². The third-order valence-electron chi connectivity index (χ3n) is 7.78. The molecule has 1 fully saturated rings. The first-order valence-corrected chi connectivity index (χ1v) is 14.3. The Morgan fingerprint density at radius 2 is 1.80 bits per heavy atom. The fourth-order valence-corrected chi connectivity index (χ4v) is 5.57. The van der Waals surface area contributed by atoms with Gasteiger partial charge in [-0.2, -0.15) is 0 Å². The number of nitrogens with zero attached hydrogens (tertiary/aromatic N) is 2. The summed E-state index contributed by atoms with van der Waals surface area (Å²) in [4.78, 5) is 29.9. The van der Waals surface area contributed by atoms with Crippen LogP contribution in [0.4, 0.5) is 4.79 Å². The van der Waals surface area contributed by atoms with Crippen LogP contribution >= 0.6 is 0 Å². The Labute approximate surface area is 235 Å². The molecule has 0 bridgehead atoms. The second-order valence-electron chi connectivity index (χ2n) is 10.7. The highest BCUT2D eigenvalue weighted by Gasteiger charge is 2.25. The van der Waals surface area contributed by atoms with Gasteiger partial charge in [-0.05, 0) is 67.0 Å². The van der Waals surface area contributed by atoms with E-state index in [1.54, 1.807) is 18.2 Å². The number of amides is 1. The van der Waals surface area contributed by atoms with Crippen LogP contribution in [0.1, 0.15) is 90.8 Å². The van der Waals surface area contributed by atoms with E-state index in [4.69, 9.17) is 9.72 Å². The molecule has 2 heterocycles. The Kier molecular flexibility index (Phi) is 8.48. The SMILES string of the molecule is CCCCc1cn2c(C(OC(=O)NC3CCCCC3)c3ccc(-c4ccccc4C(=O)O)cc3)ccc(C)c2n1. The summed E-state index contributed by atoms with van der Waals surface area (Å²) in [6.45, 7) is 4.20. The number of carbonyl (C=O) groups is 2. The molecule has 2 aromatic carbocycles. The van der Waals surface area contributed by atoms with E-state index in [1.807, 2.05) is 53.8 Å². The van der Waals surface area contributed by atoms with Crippen molar-refractivity contribution in [1.82, 2.24) is 14.7 Å². The van der Waals surface area contributed by atoms with Crippen LogP contribution < -0.4 is 5.32 Å². The maximum absolute atomic E-state index is 13.2. The van der Waals surface area contributed by atoms with Crippen molar-refractivity contribution in [2.24, 2.45) is 0 Å². The van der Waals surface area contributed by atoms with Crippen LogP contribution in [0.2, 0.25) is 0 Å². The fourth-order valence-electron chi connectivity index (χ4n) is 5.57. The number of ether oxygens (including phenoxy) is 1. The van der Waals surface area contributed by atoms with Crippen molar-refractivity contribution in [3.63, 3.8) is 0 Å². The van der Waals surface area contributed by atoms with Gasteiger partial charge in [-0.25, -0.2) is 14.6 Å². The number of unbranched alkanes of at least 4 members (excludes halogenated alkanes) is 1. The zero-order chi connectivity index (χ0) is 28.1. The van der Waals surface area contributed by atoms with Gasteiger partial charge in [-0.3, -0.25) is 4.40 Å². The lowest BCUT2D eigenvalue weighted by Gasteiger charge is -2.25. The summed E-state index contributed by atoms with van der Waals surface area (Å²) >= 11 is 0. The summed E-state index contributed by atoms with van der Waals surface area (Å²) < 4.78 is 8.23. The van der Waals surface area contributed by atoms with E-state index in [0.29, 0.717) is 5.56 Å². The van der Waals surface area contributed by atoms with E-state index in [9.17, 15) is 14.7 Å². The van der Waals surface area contributed by atoms with Crippen LogP contribution in [-0.4, -0.2) is 32.6 Å². The summed E-state index contributed by atoms with van der Waals surface area (Å²) in [6.07, 6.45) is 9.34. The Hall–Kier alpha value is -4.13. The maximum Gasteiger partial charge on any atom is 0.408 e. The van der Waals surface area contributed by atoms with Crippen molar-refractivity contribution in [1.29, 1.82) is 0 Å². The molecule has 1 aliphatic rings. The molecule has 0 aliphatic heterocycles. The molecule has 0 saturated heterocycles. The minimum absolute atomic E-state index is 0.128. The van der Waals surface area contributed by atoms with Gasteiger partial charge in [0.1, 0.15) is 5.65 Å². The first kappa shape index (κ1) is 27.4. The number of hydrogen-bond donors (Lipinski definition) is 2. The molecule has 0 spiro atoms. The predicted molar refractivity (Wildman–Crippen MR) is 156 cm³/mol. The van der Waals surface area contributed by atoms with E-state index in [0.717, 1.165) is 78.7 Å². The number of aromatic nitrogens is 2. The highest BCUT2D eigenvalue weighted by atomic mass is 16.6. The first-order chi connectivity index (χ1) is 19.4. The van der Waals surface area contributed by atoms with Crippen molar-refractivity contribution < 1.29 is 19.4 Å². The fraction of sp³-hybridized carbons (Fsp3) is 0.364. The van der Waals surface area contributed by atoms with Crippen molar-refractivity contribution in [3.8, 4) is 11.1 Å². The lowest BCUT2D eigenvalue weighted by Crippen LogP contribution is -2.37. The molecule has 0 radical (unpaired) electrons. The molecule has 5 rings (SSSR count). The first-order valence-electron chi connectivity index (χ1n) is 14.3. The Morgan fingerprint density at radius 1 is 1.05 bits per heavy atom. The van der Waals surface area contributed by atoms with Gasteiger partial charge in [0.15, 0.2) is 6.10 Å². The van der Waals surface area contributed by atoms with Crippen molar-refractivity contribution >= 4 is 17.7 Å². The van der Waals surface area contributed by atoms with Gasteiger partial charge in [-0.1, -0.05) is 81.1 Å². The van der Waals surface area contributed by atoms with Gasteiger partial charge in [0.2, 0.25) is 0 Å². The number of aromatic carboxylic acids is 1. The number of nitrogens with one attached hydrogen (secondary N) is 1. The lowest BCUT2D eigenvalue weighted by molar-refractivity contribution is 0.0697. The zero-order valence-corrected chi connectivity index (χ0v) is 23.2. The van der Waals surface area contributed by atoms with Crippen molar-refractivity contribution in [2.75, 3.05) is 0 Å². The van der Waals surface area contributed by atoms with Gasteiger partial charge < -0.3 is 15.2 Å². The normalized spacial score (nSPS) is 14.7. The Balaban J connectivity index is 1.52. The highest BCUT2D eigenvalue weighted by Crippen LogP contribution is 2.32. The minimum atomic E-state index is -0.971. The van der Waals surface area contributed by atoms with Gasteiger partial charge >= 0.3 is 12.1 Å². The largest absolute Gasteiger partial charge is 0.478 e. The number of carboxylic acids is 1. The van der Waals surface area contributed by atoms with E-state index >= 15 is 0 Å². The number of aryl methyl sites for hydroxylation is 2. The van der Waals surface area contributed by atoms with Crippen LogP contribution in [0.5, 0.6) is 0 Å². The topological polar surface area (TPSA) is 92.9 Å². The maximum atomic E-state index is 13.2. The van der Waals surface area contributed by atoms with Gasteiger partial charge in [-0.15, -0.1) is 0 Å². The Morgan fingerprint density at radius 3 is 2.52 bits per heavy atom. The van der Waals surface area contributed by atoms with Crippen LogP contribution in [-0.2, 0) is 11.2 Å². The summed E-state index contributed by atoms with van der Waals surface area (Å²) in [7, 11) is 0. The molecule has 1 saturated carbocycles. The third kappa shape index (κ3) is 6.03. The number of imidazole rings is 1. The second-order valence-corrected chi connectivity index (χ2v) is 10.7. The molecule has 7 nitrogen and oxygen atoms in total. The Bertz CT molecular complexity index is 1490. The molecule has 1 amide bonds. The van der Waals surface area contributed by atoms with E-state index < -0.39 is 18.2 Å². The third-order valence-corrected chi connectivity index (χ3v) is 7.78. The van der Waals surface area contributed by atoms with Crippen LogP contribution in [0.3, 0.4) is 0 Å².